The molecule has 0 aliphatic carbocycles. The Morgan fingerprint density at radius 3 is 2.25 bits per heavy atom. The van der Waals surface area contributed by atoms with Crippen LogP contribution in [-0.2, 0) is 9.47 Å². The van der Waals surface area contributed by atoms with Gasteiger partial charge in [0.25, 0.3) is 0 Å². The van der Waals surface area contributed by atoms with Crippen molar-refractivity contribution in [3.8, 4) is 0 Å². The lowest BCUT2D eigenvalue weighted by Gasteiger charge is -2.31. The summed E-state index contributed by atoms with van der Waals surface area (Å²) in [5.74, 6) is 0. The largest absolute Gasteiger partial charge is 0.380 e. The minimum Gasteiger partial charge on any atom is -0.380 e. The second kappa shape index (κ2) is 5.51. The van der Waals surface area contributed by atoms with Crippen molar-refractivity contribution in [1.82, 2.24) is 0 Å². The Labute approximate surface area is 75.2 Å². The van der Waals surface area contributed by atoms with E-state index in [1.165, 1.54) is 0 Å². The van der Waals surface area contributed by atoms with E-state index in [1.54, 1.807) is 0 Å². The zero-order valence-corrected chi connectivity index (χ0v) is 8.59. The molecule has 3 heteroatoms. The molecule has 0 bridgehead atoms. The van der Waals surface area contributed by atoms with Crippen LogP contribution in [0.4, 0.5) is 0 Å². The van der Waals surface area contributed by atoms with Crippen molar-refractivity contribution in [3.05, 3.63) is 0 Å². The minimum absolute atomic E-state index is 0.0580. The minimum atomic E-state index is -0.288. The molecule has 0 saturated carbocycles. The average molecular weight is 175 g/mol. The Morgan fingerprint density at radius 1 is 1.25 bits per heavy atom. The third-order valence-electron chi connectivity index (χ3n) is 1.91. The van der Waals surface area contributed by atoms with Gasteiger partial charge in [0.2, 0.25) is 0 Å². The van der Waals surface area contributed by atoms with Crippen molar-refractivity contribution < 1.29 is 9.47 Å². The molecule has 0 saturated heterocycles. The summed E-state index contributed by atoms with van der Waals surface area (Å²) < 4.78 is 10.7. The summed E-state index contributed by atoms with van der Waals surface area (Å²) in [6, 6.07) is -0.0580. The summed E-state index contributed by atoms with van der Waals surface area (Å²) in [6.45, 7) is 9.85. The molecule has 0 aliphatic rings. The predicted octanol–water partition coefficient (Wildman–Crippen LogP) is 1.17. The lowest BCUT2D eigenvalue weighted by Crippen LogP contribution is -2.48. The fraction of sp³-hybridized carbons (Fsp3) is 1.00. The highest BCUT2D eigenvalue weighted by molar-refractivity contribution is 4.82. The molecule has 1 unspecified atom stereocenters. The Hall–Kier alpha value is -0.120. The normalized spacial score (nSPS) is 14.8. The van der Waals surface area contributed by atoms with Gasteiger partial charge in [-0.15, -0.1) is 0 Å². The maximum Gasteiger partial charge on any atom is 0.0799 e. The first-order valence-electron chi connectivity index (χ1n) is 4.51. The van der Waals surface area contributed by atoms with Crippen molar-refractivity contribution in [1.29, 1.82) is 0 Å². The maximum atomic E-state index is 5.87. The lowest BCUT2D eigenvalue weighted by molar-refractivity contribution is -0.0487. The van der Waals surface area contributed by atoms with Gasteiger partial charge in [0.15, 0.2) is 0 Å². The van der Waals surface area contributed by atoms with E-state index in [1.807, 2.05) is 27.7 Å². The standard InChI is InChI=1S/C9H21NO2/c1-5-11-7-8(10)9(3,4)12-6-2/h8H,5-7,10H2,1-4H3. The van der Waals surface area contributed by atoms with Gasteiger partial charge in [-0.3, -0.25) is 0 Å². The Bertz CT molecular complexity index is 115. The number of rotatable bonds is 6. The molecule has 0 aromatic rings. The zero-order chi connectivity index (χ0) is 9.61. The third-order valence-corrected chi connectivity index (χ3v) is 1.91. The van der Waals surface area contributed by atoms with Crippen molar-refractivity contribution in [3.63, 3.8) is 0 Å². The summed E-state index contributed by atoms with van der Waals surface area (Å²) >= 11 is 0. The highest BCUT2D eigenvalue weighted by Gasteiger charge is 2.26. The van der Waals surface area contributed by atoms with E-state index in [9.17, 15) is 0 Å². The van der Waals surface area contributed by atoms with E-state index in [2.05, 4.69) is 0 Å². The lowest BCUT2D eigenvalue weighted by atomic mass is 10.0. The van der Waals surface area contributed by atoms with Gasteiger partial charge in [0.1, 0.15) is 0 Å². The van der Waals surface area contributed by atoms with Crippen LogP contribution in [0.15, 0.2) is 0 Å². The number of nitrogens with two attached hydrogens (primary N) is 1. The predicted molar refractivity (Wildman–Crippen MR) is 50.2 cm³/mol. The highest BCUT2D eigenvalue weighted by Crippen LogP contribution is 2.13. The molecule has 2 N–H and O–H groups in total. The molecular formula is C9H21NO2. The molecule has 0 amide bonds. The van der Waals surface area contributed by atoms with Gasteiger partial charge in [-0.25, -0.2) is 0 Å². The Morgan fingerprint density at radius 2 is 1.83 bits per heavy atom. The molecule has 0 heterocycles. The van der Waals surface area contributed by atoms with Crippen molar-refractivity contribution in [2.24, 2.45) is 5.73 Å². The molecule has 0 aromatic heterocycles. The van der Waals surface area contributed by atoms with Crippen LogP contribution in [0.2, 0.25) is 0 Å². The molecule has 0 aliphatic heterocycles. The van der Waals surface area contributed by atoms with E-state index in [4.69, 9.17) is 15.2 Å². The monoisotopic (exact) mass is 175 g/mol. The molecular weight excluding hydrogens is 154 g/mol. The smallest absolute Gasteiger partial charge is 0.0799 e. The topological polar surface area (TPSA) is 44.5 Å². The molecule has 12 heavy (non-hydrogen) atoms. The van der Waals surface area contributed by atoms with Crippen LogP contribution in [-0.4, -0.2) is 31.5 Å². The van der Waals surface area contributed by atoms with Gasteiger partial charge in [0, 0.05) is 13.2 Å². The summed E-state index contributed by atoms with van der Waals surface area (Å²) in [4.78, 5) is 0. The van der Waals surface area contributed by atoms with Crippen LogP contribution in [0.5, 0.6) is 0 Å². The van der Waals surface area contributed by atoms with Crippen LogP contribution in [0.25, 0.3) is 0 Å². The summed E-state index contributed by atoms with van der Waals surface area (Å²) in [5.41, 5.74) is 5.59. The third kappa shape index (κ3) is 4.04. The zero-order valence-electron chi connectivity index (χ0n) is 8.59. The molecule has 3 nitrogen and oxygen atoms in total. The maximum absolute atomic E-state index is 5.87. The van der Waals surface area contributed by atoms with Crippen molar-refractivity contribution in [2.45, 2.75) is 39.3 Å². The SMILES string of the molecule is CCOCC(N)C(C)(C)OCC. The van der Waals surface area contributed by atoms with Gasteiger partial charge < -0.3 is 15.2 Å². The molecule has 0 aromatic carbocycles. The fourth-order valence-corrected chi connectivity index (χ4v) is 0.925. The van der Waals surface area contributed by atoms with E-state index < -0.39 is 0 Å². The van der Waals surface area contributed by atoms with Gasteiger partial charge in [-0.1, -0.05) is 0 Å². The van der Waals surface area contributed by atoms with Crippen LogP contribution in [0.1, 0.15) is 27.7 Å². The van der Waals surface area contributed by atoms with Crippen LogP contribution < -0.4 is 5.73 Å². The van der Waals surface area contributed by atoms with Crippen LogP contribution in [0, 0.1) is 0 Å². The van der Waals surface area contributed by atoms with Crippen LogP contribution >= 0.6 is 0 Å². The molecule has 74 valence electrons. The van der Waals surface area contributed by atoms with Crippen molar-refractivity contribution in [2.75, 3.05) is 19.8 Å². The first kappa shape index (κ1) is 11.9. The first-order chi connectivity index (χ1) is 5.54. The number of hydrogen-bond acceptors (Lipinski definition) is 3. The second-order valence-corrected chi connectivity index (χ2v) is 3.30. The molecule has 0 spiro atoms. The number of ether oxygens (including phenoxy) is 2. The van der Waals surface area contributed by atoms with E-state index in [-0.39, 0.29) is 11.6 Å². The summed E-state index contributed by atoms with van der Waals surface area (Å²) in [5, 5.41) is 0. The molecule has 0 radical (unpaired) electrons. The molecule has 0 fully saturated rings. The summed E-state index contributed by atoms with van der Waals surface area (Å²) in [7, 11) is 0. The van der Waals surface area contributed by atoms with Gasteiger partial charge in [-0.2, -0.15) is 0 Å². The van der Waals surface area contributed by atoms with E-state index in [0.29, 0.717) is 19.8 Å². The van der Waals surface area contributed by atoms with Gasteiger partial charge in [-0.05, 0) is 27.7 Å². The number of hydrogen-bond donors (Lipinski definition) is 1. The average Bonchev–Trinajstić information content (AvgIpc) is 2.00. The summed E-state index contributed by atoms with van der Waals surface area (Å²) in [6.07, 6.45) is 0. The first-order valence-corrected chi connectivity index (χ1v) is 4.51. The Balaban J connectivity index is 3.79. The molecule has 1 atom stereocenters. The van der Waals surface area contributed by atoms with Gasteiger partial charge >= 0.3 is 0 Å². The quantitative estimate of drug-likeness (QED) is 0.659. The van der Waals surface area contributed by atoms with Crippen LogP contribution in [0.3, 0.4) is 0 Å². The van der Waals surface area contributed by atoms with Gasteiger partial charge in [0.05, 0.1) is 18.2 Å². The second-order valence-electron chi connectivity index (χ2n) is 3.30. The molecule has 0 rings (SSSR count). The van der Waals surface area contributed by atoms with E-state index in [0.717, 1.165) is 0 Å². The van der Waals surface area contributed by atoms with Crippen molar-refractivity contribution >= 4 is 0 Å². The fourth-order valence-electron chi connectivity index (χ4n) is 0.925. The Kier molecular flexibility index (Phi) is 5.46. The highest BCUT2D eigenvalue weighted by atomic mass is 16.5. The van der Waals surface area contributed by atoms with E-state index >= 15 is 0 Å².